The number of β-amino-alcohol motifs (C(OH)–C–C–N with tert-alkyl or cyclic N) is 1. The fourth-order valence-electron chi connectivity index (χ4n) is 2.70. The Labute approximate surface area is 110 Å². The first-order valence-corrected chi connectivity index (χ1v) is 6.66. The van der Waals surface area contributed by atoms with Crippen molar-refractivity contribution in [2.75, 3.05) is 33.7 Å². The van der Waals surface area contributed by atoms with Gasteiger partial charge in [0.05, 0.1) is 5.60 Å². The lowest BCUT2D eigenvalue weighted by atomic mass is 9.95. The molecule has 100 valence electrons. The molecule has 0 amide bonds. The number of nitrogens with zero attached hydrogens (tertiary/aromatic N) is 2. The molecule has 1 saturated heterocycles. The van der Waals surface area contributed by atoms with E-state index >= 15 is 0 Å². The van der Waals surface area contributed by atoms with Gasteiger partial charge in [0.1, 0.15) is 0 Å². The van der Waals surface area contributed by atoms with Crippen molar-refractivity contribution >= 4 is 0 Å². The Morgan fingerprint density at radius 2 is 2.00 bits per heavy atom. The molecule has 2 atom stereocenters. The highest BCUT2D eigenvalue weighted by atomic mass is 16.3. The van der Waals surface area contributed by atoms with Crippen molar-refractivity contribution in [1.29, 1.82) is 0 Å². The molecule has 0 radical (unpaired) electrons. The summed E-state index contributed by atoms with van der Waals surface area (Å²) in [5.74, 6) is 0. The highest BCUT2D eigenvalue weighted by molar-refractivity contribution is 5.21. The summed E-state index contributed by atoms with van der Waals surface area (Å²) < 4.78 is 0. The van der Waals surface area contributed by atoms with Crippen molar-refractivity contribution in [2.45, 2.75) is 25.0 Å². The van der Waals surface area contributed by atoms with Crippen molar-refractivity contribution < 1.29 is 5.11 Å². The van der Waals surface area contributed by atoms with Gasteiger partial charge in [0.2, 0.25) is 0 Å². The van der Waals surface area contributed by atoms with Crippen LogP contribution in [0.1, 0.15) is 18.9 Å². The van der Waals surface area contributed by atoms with E-state index in [0.29, 0.717) is 12.6 Å². The molecule has 1 aliphatic rings. The van der Waals surface area contributed by atoms with E-state index in [4.69, 9.17) is 0 Å². The van der Waals surface area contributed by atoms with Gasteiger partial charge in [-0.2, -0.15) is 0 Å². The van der Waals surface area contributed by atoms with E-state index in [-0.39, 0.29) is 0 Å². The quantitative estimate of drug-likeness (QED) is 0.875. The number of benzene rings is 1. The predicted octanol–water partition coefficient (Wildman–Crippen LogP) is 1.53. The largest absolute Gasteiger partial charge is 0.384 e. The zero-order chi connectivity index (χ0) is 13.2. The Hall–Kier alpha value is -0.900. The molecule has 1 aliphatic heterocycles. The second kappa shape index (κ2) is 5.39. The molecule has 1 aromatic carbocycles. The fourth-order valence-corrected chi connectivity index (χ4v) is 2.70. The Morgan fingerprint density at radius 1 is 1.33 bits per heavy atom. The van der Waals surface area contributed by atoms with Gasteiger partial charge in [-0.25, -0.2) is 0 Å². The summed E-state index contributed by atoms with van der Waals surface area (Å²) in [6, 6.07) is 10.6. The maximum absolute atomic E-state index is 10.6. The molecule has 1 fully saturated rings. The molecular weight excluding hydrogens is 224 g/mol. The van der Waals surface area contributed by atoms with E-state index in [0.717, 1.165) is 18.7 Å². The van der Waals surface area contributed by atoms with Crippen molar-refractivity contribution in [1.82, 2.24) is 9.80 Å². The maximum Gasteiger partial charge on any atom is 0.0994 e. The van der Waals surface area contributed by atoms with Gasteiger partial charge in [-0.15, -0.1) is 0 Å². The van der Waals surface area contributed by atoms with Crippen LogP contribution < -0.4 is 0 Å². The normalized spacial score (nSPS) is 24.4. The highest BCUT2D eigenvalue weighted by Crippen LogP contribution is 2.24. The van der Waals surface area contributed by atoms with Gasteiger partial charge < -0.3 is 10.0 Å². The molecule has 3 nitrogen and oxygen atoms in total. The third-order valence-corrected chi connectivity index (χ3v) is 3.90. The van der Waals surface area contributed by atoms with Gasteiger partial charge in [0, 0.05) is 19.1 Å². The smallest absolute Gasteiger partial charge is 0.0994 e. The van der Waals surface area contributed by atoms with Crippen LogP contribution in [0.4, 0.5) is 0 Å². The summed E-state index contributed by atoms with van der Waals surface area (Å²) in [4.78, 5) is 4.63. The molecule has 2 unspecified atom stereocenters. The van der Waals surface area contributed by atoms with Crippen molar-refractivity contribution in [3.8, 4) is 0 Å². The van der Waals surface area contributed by atoms with Crippen LogP contribution in [0.3, 0.4) is 0 Å². The van der Waals surface area contributed by atoms with E-state index in [1.165, 1.54) is 6.42 Å². The molecule has 1 aromatic rings. The summed E-state index contributed by atoms with van der Waals surface area (Å²) in [5, 5.41) is 10.6. The zero-order valence-corrected chi connectivity index (χ0v) is 11.6. The second-order valence-electron chi connectivity index (χ2n) is 5.78. The third-order valence-electron chi connectivity index (χ3n) is 3.90. The van der Waals surface area contributed by atoms with Crippen LogP contribution in [-0.2, 0) is 5.60 Å². The lowest BCUT2D eigenvalue weighted by Crippen LogP contribution is -2.39. The number of likely N-dealkylation sites (N-methyl/N-ethyl adjacent to an activating group) is 1. The molecule has 3 heteroatoms. The van der Waals surface area contributed by atoms with Crippen LogP contribution in [0.25, 0.3) is 0 Å². The van der Waals surface area contributed by atoms with Gasteiger partial charge in [-0.05, 0) is 39.5 Å². The van der Waals surface area contributed by atoms with Gasteiger partial charge in [0.25, 0.3) is 0 Å². The number of rotatable bonds is 4. The van der Waals surface area contributed by atoms with Crippen molar-refractivity contribution in [3.05, 3.63) is 35.9 Å². The van der Waals surface area contributed by atoms with Gasteiger partial charge in [0.15, 0.2) is 0 Å². The molecule has 1 N–H and O–H groups in total. The standard InChI is InChI=1S/C15H24N2O/c1-15(18,13-7-5-4-6-8-13)12-17-10-9-14(11-17)16(2)3/h4-8,14,18H,9-12H2,1-3H3. The number of likely N-dealkylation sites (tertiary alicyclic amines) is 1. The first kappa shape index (κ1) is 13.5. The summed E-state index contributed by atoms with van der Waals surface area (Å²) in [5.41, 5.74) is 0.237. The first-order valence-electron chi connectivity index (χ1n) is 6.66. The Morgan fingerprint density at radius 3 is 2.56 bits per heavy atom. The van der Waals surface area contributed by atoms with Gasteiger partial charge >= 0.3 is 0 Å². The molecule has 2 rings (SSSR count). The predicted molar refractivity (Wildman–Crippen MR) is 74.5 cm³/mol. The molecule has 0 bridgehead atoms. The average molecular weight is 248 g/mol. The molecule has 0 saturated carbocycles. The van der Waals surface area contributed by atoms with Crippen LogP contribution in [0.5, 0.6) is 0 Å². The summed E-state index contributed by atoms with van der Waals surface area (Å²) in [7, 11) is 4.26. The van der Waals surface area contributed by atoms with Gasteiger partial charge in [-0.1, -0.05) is 30.3 Å². The molecule has 18 heavy (non-hydrogen) atoms. The monoisotopic (exact) mass is 248 g/mol. The van der Waals surface area contributed by atoms with Crippen molar-refractivity contribution in [2.24, 2.45) is 0 Å². The zero-order valence-electron chi connectivity index (χ0n) is 11.6. The van der Waals surface area contributed by atoms with Crippen LogP contribution >= 0.6 is 0 Å². The Kier molecular flexibility index (Phi) is 4.05. The second-order valence-corrected chi connectivity index (χ2v) is 5.78. The molecule has 0 aliphatic carbocycles. The topological polar surface area (TPSA) is 26.7 Å². The minimum absolute atomic E-state index is 0.622. The molecule has 1 heterocycles. The summed E-state index contributed by atoms with van der Waals surface area (Å²) >= 11 is 0. The van der Waals surface area contributed by atoms with Gasteiger partial charge in [-0.3, -0.25) is 4.90 Å². The van der Waals surface area contributed by atoms with E-state index < -0.39 is 5.60 Å². The highest BCUT2D eigenvalue weighted by Gasteiger charge is 2.31. The van der Waals surface area contributed by atoms with E-state index in [2.05, 4.69) is 23.9 Å². The van der Waals surface area contributed by atoms with E-state index in [9.17, 15) is 5.11 Å². The number of aliphatic hydroxyl groups is 1. The Balaban J connectivity index is 1.97. The fraction of sp³-hybridized carbons (Fsp3) is 0.600. The lowest BCUT2D eigenvalue weighted by molar-refractivity contribution is 0.0212. The summed E-state index contributed by atoms with van der Waals surface area (Å²) in [6.07, 6.45) is 1.19. The SMILES string of the molecule is CN(C)C1CCN(CC(C)(O)c2ccccc2)C1. The number of hydrogen-bond acceptors (Lipinski definition) is 3. The third kappa shape index (κ3) is 3.10. The summed E-state index contributed by atoms with van der Waals surface area (Å²) in [6.45, 7) is 4.74. The van der Waals surface area contributed by atoms with Crippen LogP contribution in [0, 0.1) is 0 Å². The van der Waals surface area contributed by atoms with E-state index in [1.807, 2.05) is 37.3 Å². The average Bonchev–Trinajstić information content (AvgIpc) is 2.78. The lowest BCUT2D eigenvalue weighted by Gasteiger charge is -2.30. The van der Waals surface area contributed by atoms with E-state index in [1.54, 1.807) is 0 Å². The molecule has 0 aromatic heterocycles. The first-order chi connectivity index (χ1) is 8.49. The Bertz CT molecular complexity index is 375. The maximum atomic E-state index is 10.6. The van der Waals surface area contributed by atoms with Crippen LogP contribution in [-0.4, -0.2) is 54.7 Å². The van der Waals surface area contributed by atoms with Crippen LogP contribution in [0.2, 0.25) is 0 Å². The molecular formula is C15H24N2O. The van der Waals surface area contributed by atoms with Crippen molar-refractivity contribution in [3.63, 3.8) is 0 Å². The number of hydrogen-bond donors (Lipinski definition) is 1. The van der Waals surface area contributed by atoms with Crippen LogP contribution in [0.15, 0.2) is 30.3 Å². The molecule has 0 spiro atoms. The minimum Gasteiger partial charge on any atom is -0.384 e. The minimum atomic E-state index is -0.761.